The Morgan fingerprint density at radius 2 is 2.24 bits per heavy atom. The molecular weight excluding hydrogens is 220 g/mol. The van der Waals surface area contributed by atoms with Crippen LogP contribution in [-0.4, -0.2) is 31.3 Å². The van der Waals surface area contributed by atoms with Crippen LogP contribution in [0.25, 0.3) is 0 Å². The van der Waals surface area contributed by atoms with Crippen LogP contribution in [0.3, 0.4) is 0 Å². The molecule has 1 aromatic rings. The molecule has 0 amide bonds. The number of fused-ring (bicyclic) bond motifs is 1. The van der Waals surface area contributed by atoms with Crippen LogP contribution in [0.5, 0.6) is 0 Å². The average Bonchev–Trinajstić information content (AvgIpc) is 2.75. The highest BCUT2D eigenvalue weighted by molar-refractivity contribution is 5.67. The molecular formula is C11H16N4O2. The Hall–Kier alpha value is -1.46. The number of hydrogen-bond donors (Lipinski definition) is 1. The molecule has 0 radical (unpaired) electrons. The van der Waals surface area contributed by atoms with Crippen LogP contribution in [0.15, 0.2) is 0 Å². The van der Waals surface area contributed by atoms with E-state index < -0.39 is 5.97 Å². The predicted molar refractivity (Wildman–Crippen MR) is 58.4 cm³/mol. The van der Waals surface area contributed by atoms with Crippen molar-refractivity contribution in [3.63, 3.8) is 0 Å². The number of aromatic nitrogens is 4. The molecule has 17 heavy (non-hydrogen) atoms. The lowest BCUT2D eigenvalue weighted by Gasteiger charge is -2.11. The largest absolute Gasteiger partial charge is 0.481 e. The van der Waals surface area contributed by atoms with Gasteiger partial charge in [0.2, 0.25) is 0 Å². The molecule has 2 saturated carbocycles. The van der Waals surface area contributed by atoms with Crippen LogP contribution < -0.4 is 0 Å². The molecule has 6 nitrogen and oxygen atoms in total. The molecule has 3 atom stereocenters. The summed E-state index contributed by atoms with van der Waals surface area (Å²) in [7, 11) is 0. The molecule has 6 heteroatoms. The third kappa shape index (κ3) is 1.71. The van der Waals surface area contributed by atoms with E-state index >= 15 is 0 Å². The zero-order valence-electron chi connectivity index (χ0n) is 9.78. The predicted octanol–water partition coefficient (Wildman–Crippen LogP) is 1.22. The van der Waals surface area contributed by atoms with Gasteiger partial charge in [-0.15, -0.1) is 5.10 Å². The molecule has 0 bridgehead atoms. The summed E-state index contributed by atoms with van der Waals surface area (Å²) < 4.78 is 1.71. The second-order valence-electron chi connectivity index (χ2n) is 5.21. The zero-order valence-corrected chi connectivity index (χ0v) is 9.78. The van der Waals surface area contributed by atoms with Crippen LogP contribution in [-0.2, 0) is 4.79 Å². The van der Waals surface area contributed by atoms with Crippen LogP contribution >= 0.6 is 0 Å². The van der Waals surface area contributed by atoms with Crippen molar-refractivity contribution in [3.8, 4) is 0 Å². The summed E-state index contributed by atoms with van der Waals surface area (Å²) >= 11 is 0. The van der Waals surface area contributed by atoms with Crippen molar-refractivity contribution >= 4 is 5.97 Å². The van der Waals surface area contributed by atoms with Crippen LogP contribution in [0.4, 0.5) is 0 Å². The lowest BCUT2D eigenvalue weighted by atomic mass is 10.1. The maximum Gasteiger partial charge on any atom is 0.305 e. The van der Waals surface area contributed by atoms with Gasteiger partial charge < -0.3 is 5.11 Å². The number of carboxylic acids is 1. The van der Waals surface area contributed by atoms with E-state index in [9.17, 15) is 4.79 Å². The first kappa shape index (κ1) is 10.7. The third-order valence-corrected chi connectivity index (χ3v) is 4.11. The van der Waals surface area contributed by atoms with E-state index in [4.69, 9.17) is 5.11 Å². The molecule has 1 heterocycles. The lowest BCUT2D eigenvalue weighted by Crippen LogP contribution is -2.15. The third-order valence-electron chi connectivity index (χ3n) is 4.11. The molecule has 2 aliphatic carbocycles. The normalized spacial score (nSPS) is 32.2. The fourth-order valence-electron chi connectivity index (χ4n) is 3.28. The number of aliphatic carboxylic acids is 1. The standard InChI is InChI=1S/C11H16N4O2/c1-6(5-9(16)17)15-11(12-13-14-15)10-7-3-2-4-8(7)10/h6-8,10H,2-5H2,1H3,(H,16,17). The van der Waals surface area contributed by atoms with Gasteiger partial charge in [0, 0.05) is 5.92 Å². The molecule has 3 unspecified atom stereocenters. The highest BCUT2D eigenvalue weighted by Crippen LogP contribution is 2.62. The highest BCUT2D eigenvalue weighted by Gasteiger charge is 2.55. The summed E-state index contributed by atoms with van der Waals surface area (Å²) in [6.07, 6.45) is 3.93. The maximum absolute atomic E-state index is 10.7. The minimum Gasteiger partial charge on any atom is -0.481 e. The second kappa shape index (κ2) is 3.78. The monoisotopic (exact) mass is 236 g/mol. The molecule has 2 aliphatic rings. The fraction of sp³-hybridized carbons (Fsp3) is 0.818. The van der Waals surface area contributed by atoms with Gasteiger partial charge in [-0.3, -0.25) is 4.79 Å². The first-order chi connectivity index (χ1) is 8.18. The highest BCUT2D eigenvalue weighted by atomic mass is 16.4. The minimum atomic E-state index is -0.810. The van der Waals surface area contributed by atoms with Gasteiger partial charge in [-0.05, 0) is 42.0 Å². The smallest absolute Gasteiger partial charge is 0.305 e. The van der Waals surface area contributed by atoms with E-state index in [1.54, 1.807) is 4.68 Å². The number of hydrogen-bond acceptors (Lipinski definition) is 4. The summed E-state index contributed by atoms with van der Waals surface area (Å²) in [5.41, 5.74) is 0. The van der Waals surface area contributed by atoms with E-state index in [2.05, 4.69) is 15.5 Å². The van der Waals surface area contributed by atoms with Gasteiger partial charge in [-0.25, -0.2) is 4.68 Å². The van der Waals surface area contributed by atoms with Gasteiger partial charge in [0.25, 0.3) is 0 Å². The van der Waals surface area contributed by atoms with Crippen LogP contribution in [0, 0.1) is 11.8 Å². The van der Waals surface area contributed by atoms with Gasteiger partial charge in [0.15, 0.2) is 5.82 Å². The molecule has 0 spiro atoms. The summed E-state index contributed by atoms with van der Waals surface area (Å²) in [4.78, 5) is 10.7. The Bertz CT molecular complexity index is 434. The average molecular weight is 236 g/mol. The summed E-state index contributed by atoms with van der Waals surface area (Å²) in [5.74, 6) is 2.06. The Morgan fingerprint density at radius 1 is 1.53 bits per heavy atom. The molecule has 0 saturated heterocycles. The Labute approximate surface area is 99.0 Å². The molecule has 1 N–H and O–H groups in total. The van der Waals surface area contributed by atoms with E-state index in [1.165, 1.54) is 19.3 Å². The molecule has 3 rings (SSSR count). The van der Waals surface area contributed by atoms with Crippen LogP contribution in [0.2, 0.25) is 0 Å². The van der Waals surface area contributed by atoms with Gasteiger partial charge in [0.05, 0.1) is 12.5 Å². The topological polar surface area (TPSA) is 80.9 Å². The SMILES string of the molecule is CC(CC(=O)O)n1nnnc1C1C2CCCC21. The van der Waals surface area contributed by atoms with Crippen molar-refractivity contribution in [1.29, 1.82) is 0 Å². The summed E-state index contributed by atoms with van der Waals surface area (Å²) in [6, 6.07) is -0.168. The maximum atomic E-state index is 10.7. The first-order valence-corrected chi connectivity index (χ1v) is 6.18. The van der Waals surface area contributed by atoms with Crippen molar-refractivity contribution in [3.05, 3.63) is 5.82 Å². The number of rotatable bonds is 4. The molecule has 0 aromatic carbocycles. The molecule has 1 aromatic heterocycles. The van der Waals surface area contributed by atoms with Crippen LogP contribution in [0.1, 0.15) is 50.4 Å². The molecule has 92 valence electrons. The first-order valence-electron chi connectivity index (χ1n) is 6.18. The van der Waals surface area contributed by atoms with Crippen molar-refractivity contribution in [1.82, 2.24) is 20.2 Å². The number of nitrogens with zero attached hydrogens (tertiary/aromatic N) is 4. The van der Waals surface area contributed by atoms with E-state index in [-0.39, 0.29) is 12.5 Å². The van der Waals surface area contributed by atoms with Crippen molar-refractivity contribution < 1.29 is 9.90 Å². The Kier molecular flexibility index (Phi) is 2.38. The number of carbonyl (C=O) groups is 1. The van der Waals surface area contributed by atoms with Gasteiger partial charge in [-0.1, -0.05) is 6.42 Å². The van der Waals surface area contributed by atoms with E-state index in [0.717, 1.165) is 17.7 Å². The van der Waals surface area contributed by atoms with Gasteiger partial charge >= 0.3 is 5.97 Å². The van der Waals surface area contributed by atoms with E-state index in [0.29, 0.717) is 5.92 Å². The lowest BCUT2D eigenvalue weighted by molar-refractivity contribution is -0.137. The van der Waals surface area contributed by atoms with Crippen molar-refractivity contribution in [2.45, 2.75) is 44.6 Å². The fourth-order valence-corrected chi connectivity index (χ4v) is 3.28. The molecule has 2 fully saturated rings. The number of carboxylic acid groups (broad SMARTS) is 1. The van der Waals surface area contributed by atoms with Gasteiger partial charge in [-0.2, -0.15) is 0 Å². The van der Waals surface area contributed by atoms with E-state index in [1.807, 2.05) is 6.92 Å². The Morgan fingerprint density at radius 3 is 2.88 bits per heavy atom. The second-order valence-corrected chi connectivity index (χ2v) is 5.21. The number of tetrazole rings is 1. The zero-order chi connectivity index (χ0) is 12.0. The summed E-state index contributed by atoms with van der Waals surface area (Å²) in [5, 5.41) is 20.6. The summed E-state index contributed by atoms with van der Waals surface area (Å²) in [6.45, 7) is 1.85. The quantitative estimate of drug-likeness (QED) is 0.850. The van der Waals surface area contributed by atoms with Gasteiger partial charge in [0.1, 0.15) is 0 Å². The Balaban J connectivity index is 1.78. The molecule has 0 aliphatic heterocycles. The minimum absolute atomic E-state index is 0.0695. The van der Waals surface area contributed by atoms with Crippen molar-refractivity contribution in [2.24, 2.45) is 11.8 Å². The van der Waals surface area contributed by atoms with Crippen molar-refractivity contribution in [2.75, 3.05) is 0 Å².